The third kappa shape index (κ3) is 2.16. The number of rotatable bonds is 2. The molecular weight excluding hydrogens is 252 g/mol. The minimum atomic E-state index is 0.521. The lowest BCUT2D eigenvalue weighted by atomic mass is 10.1. The van der Waals surface area contributed by atoms with E-state index < -0.39 is 0 Å². The lowest BCUT2D eigenvalue weighted by Gasteiger charge is -2.29. The highest BCUT2D eigenvalue weighted by Crippen LogP contribution is 2.26. The van der Waals surface area contributed by atoms with Crippen LogP contribution in [0.1, 0.15) is 30.8 Å². The minimum absolute atomic E-state index is 0.521. The topological polar surface area (TPSA) is 72.9 Å². The highest BCUT2D eigenvalue weighted by atomic mass is 15.4. The zero-order chi connectivity index (χ0) is 14.3. The van der Waals surface area contributed by atoms with Crippen LogP contribution in [0.15, 0.2) is 12.4 Å². The minimum Gasteiger partial charge on any atom is -0.383 e. The van der Waals surface area contributed by atoms with Crippen LogP contribution >= 0.6 is 0 Å². The number of fused-ring (bicyclic) bond motifs is 1. The van der Waals surface area contributed by atoms with Crippen molar-refractivity contribution < 1.29 is 0 Å². The Morgan fingerprint density at radius 2 is 2.10 bits per heavy atom. The van der Waals surface area contributed by atoms with Crippen molar-refractivity contribution in [2.75, 3.05) is 12.3 Å². The Labute approximate surface area is 118 Å². The van der Waals surface area contributed by atoms with E-state index in [4.69, 9.17) is 5.73 Å². The molecule has 0 aliphatic carbocycles. The predicted octanol–water partition coefficient (Wildman–Crippen LogP) is 1.32. The van der Waals surface area contributed by atoms with Crippen LogP contribution in [-0.4, -0.2) is 37.2 Å². The zero-order valence-electron chi connectivity index (χ0n) is 12.2. The Hall–Kier alpha value is -1.95. The molecule has 2 N–H and O–H groups in total. The van der Waals surface area contributed by atoms with E-state index in [1.165, 1.54) is 0 Å². The van der Waals surface area contributed by atoms with Crippen LogP contribution in [0.2, 0.25) is 0 Å². The fraction of sp³-hybridized carbons (Fsp3) is 0.500. The summed E-state index contributed by atoms with van der Waals surface area (Å²) in [6.45, 7) is 8.25. The van der Waals surface area contributed by atoms with Gasteiger partial charge in [-0.2, -0.15) is 9.78 Å². The van der Waals surface area contributed by atoms with Gasteiger partial charge in [-0.1, -0.05) is 0 Å². The van der Waals surface area contributed by atoms with Crippen molar-refractivity contribution in [2.24, 2.45) is 0 Å². The quantitative estimate of drug-likeness (QED) is 0.892. The van der Waals surface area contributed by atoms with Gasteiger partial charge in [0.15, 0.2) is 5.82 Å². The van der Waals surface area contributed by atoms with E-state index in [-0.39, 0.29) is 0 Å². The van der Waals surface area contributed by atoms with Crippen LogP contribution < -0.4 is 5.73 Å². The van der Waals surface area contributed by atoms with Crippen LogP contribution in [0.25, 0.3) is 5.82 Å². The van der Waals surface area contributed by atoms with Gasteiger partial charge in [-0.05, 0) is 20.8 Å². The van der Waals surface area contributed by atoms with Gasteiger partial charge in [0.25, 0.3) is 0 Å². The molecule has 0 spiro atoms. The third-order valence-electron chi connectivity index (χ3n) is 3.84. The molecule has 0 saturated carbocycles. The maximum Gasteiger partial charge on any atom is 0.159 e. The molecule has 6 nitrogen and oxygen atoms in total. The van der Waals surface area contributed by atoms with Gasteiger partial charge >= 0.3 is 0 Å². The van der Waals surface area contributed by atoms with Gasteiger partial charge in [0, 0.05) is 42.9 Å². The third-order valence-corrected chi connectivity index (χ3v) is 3.84. The van der Waals surface area contributed by atoms with Gasteiger partial charge in [-0.25, -0.2) is 9.97 Å². The zero-order valence-corrected chi connectivity index (χ0v) is 12.2. The number of hydrogen-bond acceptors (Lipinski definition) is 5. The van der Waals surface area contributed by atoms with Gasteiger partial charge in [0.1, 0.15) is 12.1 Å². The summed E-state index contributed by atoms with van der Waals surface area (Å²) in [7, 11) is 0. The van der Waals surface area contributed by atoms with Gasteiger partial charge in [0.2, 0.25) is 0 Å². The van der Waals surface area contributed by atoms with Crippen molar-refractivity contribution in [3.8, 4) is 5.82 Å². The standard InChI is InChI=1S/C14H20N6/c1-9(2)19-5-4-12-11(7-19)14(15)20(18-12)13-6-10(3)16-8-17-13/h6,8-9H,4-5,7,15H2,1-3H3. The molecule has 0 unspecified atom stereocenters. The molecule has 0 radical (unpaired) electrons. The molecular formula is C14H20N6. The van der Waals surface area contributed by atoms with Crippen molar-refractivity contribution in [3.63, 3.8) is 0 Å². The van der Waals surface area contributed by atoms with Crippen LogP contribution in [0.4, 0.5) is 5.82 Å². The second-order valence-corrected chi connectivity index (χ2v) is 5.55. The number of hydrogen-bond donors (Lipinski definition) is 1. The first-order chi connectivity index (χ1) is 9.56. The normalized spacial score (nSPS) is 15.6. The van der Waals surface area contributed by atoms with E-state index in [2.05, 4.69) is 33.8 Å². The van der Waals surface area contributed by atoms with Gasteiger partial charge in [0.05, 0.1) is 5.69 Å². The number of nitrogens with two attached hydrogens (primary N) is 1. The number of aromatic nitrogens is 4. The Kier molecular flexibility index (Phi) is 3.17. The monoisotopic (exact) mass is 272 g/mol. The largest absolute Gasteiger partial charge is 0.383 e. The summed E-state index contributed by atoms with van der Waals surface area (Å²) in [6.07, 6.45) is 2.49. The summed E-state index contributed by atoms with van der Waals surface area (Å²) in [5, 5.41) is 4.63. The molecule has 2 aromatic heterocycles. The fourth-order valence-electron chi connectivity index (χ4n) is 2.59. The molecule has 0 saturated heterocycles. The van der Waals surface area contributed by atoms with E-state index >= 15 is 0 Å². The number of aryl methyl sites for hydroxylation is 1. The van der Waals surface area contributed by atoms with Crippen molar-refractivity contribution in [1.82, 2.24) is 24.6 Å². The highest BCUT2D eigenvalue weighted by molar-refractivity contribution is 5.49. The molecule has 2 aromatic rings. The molecule has 0 bridgehead atoms. The van der Waals surface area contributed by atoms with E-state index in [0.717, 1.165) is 42.3 Å². The van der Waals surface area contributed by atoms with Gasteiger partial charge in [-0.3, -0.25) is 4.90 Å². The van der Waals surface area contributed by atoms with Crippen molar-refractivity contribution in [1.29, 1.82) is 0 Å². The molecule has 0 atom stereocenters. The molecule has 3 heterocycles. The first-order valence-electron chi connectivity index (χ1n) is 6.95. The summed E-state index contributed by atoms with van der Waals surface area (Å²) < 4.78 is 1.74. The maximum absolute atomic E-state index is 6.28. The fourth-order valence-corrected chi connectivity index (χ4v) is 2.59. The molecule has 1 aliphatic rings. The SMILES string of the molecule is Cc1cc(-n2nc3c(c2N)CN(C(C)C)CC3)ncn1. The van der Waals surface area contributed by atoms with Gasteiger partial charge in [-0.15, -0.1) is 0 Å². The van der Waals surface area contributed by atoms with Crippen LogP contribution in [0, 0.1) is 6.92 Å². The lowest BCUT2D eigenvalue weighted by molar-refractivity contribution is 0.203. The van der Waals surface area contributed by atoms with Crippen LogP contribution in [-0.2, 0) is 13.0 Å². The van der Waals surface area contributed by atoms with Crippen LogP contribution in [0.3, 0.4) is 0 Å². The molecule has 20 heavy (non-hydrogen) atoms. The molecule has 1 aliphatic heterocycles. The molecule has 106 valence electrons. The van der Waals surface area contributed by atoms with E-state index in [0.29, 0.717) is 11.9 Å². The van der Waals surface area contributed by atoms with Gasteiger partial charge < -0.3 is 5.73 Å². The second-order valence-electron chi connectivity index (χ2n) is 5.55. The second kappa shape index (κ2) is 4.86. The van der Waals surface area contributed by atoms with E-state index in [1.807, 2.05) is 13.0 Å². The Morgan fingerprint density at radius 3 is 2.80 bits per heavy atom. The first-order valence-corrected chi connectivity index (χ1v) is 6.95. The Balaban J connectivity index is 2.00. The number of nitrogen functional groups attached to an aromatic ring is 1. The molecule has 6 heteroatoms. The lowest BCUT2D eigenvalue weighted by Crippen LogP contribution is -2.35. The molecule has 0 fully saturated rings. The Bertz CT molecular complexity index is 631. The van der Waals surface area contributed by atoms with Crippen molar-refractivity contribution in [2.45, 2.75) is 39.8 Å². The molecule has 0 amide bonds. The average molecular weight is 272 g/mol. The average Bonchev–Trinajstić information content (AvgIpc) is 2.76. The summed E-state index contributed by atoms with van der Waals surface area (Å²) >= 11 is 0. The van der Waals surface area contributed by atoms with Crippen molar-refractivity contribution in [3.05, 3.63) is 29.3 Å². The summed E-state index contributed by atoms with van der Waals surface area (Å²) in [5.74, 6) is 1.43. The summed E-state index contributed by atoms with van der Waals surface area (Å²) in [4.78, 5) is 10.8. The smallest absolute Gasteiger partial charge is 0.159 e. The highest BCUT2D eigenvalue weighted by Gasteiger charge is 2.25. The maximum atomic E-state index is 6.28. The summed E-state index contributed by atoms with van der Waals surface area (Å²) in [6, 6.07) is 2.42. The summed E-state index contributed by atoms with van der Waals surface area (Å²) in [5.41, 5.74) is 9.42. The van der Waals surface area contributed by atoms with E-state index in [9.17, 15) is 0 Å². The Morgan fingerprint density at radius 1 is 1.30 bits per heavy atom. The number of anilines is 1. The van der Waals surface area contributed by atoms with Crippen molar-refractivity contribution >= 4 is 5.82 Å². The number of nitrogens with zero attached hydrogens (tertiary/aromatic N) is 5. The predicted molar refractivity (Wildman–Crippen MR) is 77.6 cm³/mol. The molecule has 0 aromatic carbocycles. The molecule has 3 rings (SSSR count). The van der Waals surface area contributed by atoms with E-state index in [1.54, 1.807) is 11.0 Å². The first kappa shape index (κ1) is 13.1. The van der Waals surface area contributed by atoms with Crippen LogP contribution in [0.5, 0.6) is 0 Å².